The Morgan fingerprint density at radius 2 is 1.73 bits per heavy atom. The summed E-state index contributed by atoms with van der Waals surface area (Å²) in [7, 11) is 0. The Kier molecular flexibility index (Phi) is 5.66. The number of carbonyl (C=O) groups is 4. The third-order valence-corrected chi connectivity index (χ3v) is 9.24. The normalized spacial score (nSPS) is 21.0. The van der Waals surface area contributed by atoms with Crippen LogP contribution in [0.1, 0.15) is 29.6 Å². The number of amides is 4. The minimum absolute atomic E-state index is 0.0578. The average Bonchev–Trinajstić information content (AvgIpc) is 3.51. The van der Waals surface area contributed by atoms with Crippen LogP contribution in [0.4, 0.5) is 10.5 Å². The number of carbonyl (C=O) groups excluding carboxylic acids is 3. The molecule has 3 aromatic rings. The Morgan fingerprint density at radius 3 is 2.41 bits per heavy atom. The van der Waals surface area contributed by atoms with E-state index in [4.69, 9.17) is 0 Å². The summed E-state index contributed by atoms with van der Waals surface area (Å²) in [6.45, 7) is 2.19. The highest BCUT2D eigenvalue weighted by Crippen LogP contribution is 2.42. The van der Waals surface area contributed by atoms with Crippen LogP contribution < -0.4 is 4.90 Å². The van der Waals surface area contributed by atoms with E-state index in [1.165, 1.54) is 11.1 Å². The molecule has 0 unspecified atom stereocenters. The molecule has 212 valence electrons. The summed E-state index contributed by atoms with van der Waals surface area (Å²) in [5, 5.41) is 16.7. The summed E-state index contributed by atoms with van der Waals surface area (Å²) in [6, 6.07) is 11.5. The largest absolute Gasteiger partial charge is 0.465 e. The van der Waals surface area contributed by atoms with Crippen LogP contribution in [0.3, 0.4) is 0 Å². The number of hydrogen-bond donors (Lipinski definition) is 2. The molecule has 6 heterocycles. The SMILES string of the molecule is O=C(O)N1CC2(CCN2C(=O)CN2CN(c3ccccc3)C3(CCN(C(=O)c4cnc5[nH]ncc5c4)CC3)C2=O)C1. The topological polar surface area (TPSA) is 146 Å². The quantitative estimate of drug-likeness (QED) is 0.486. The molecule has 0 atom stereocenters. The minimum atomic E-state index is -0.979. The number of aromatic amines is 1. The fourth-order valence-electron chi connectivity index (χ4n) is 6.84. The molecule has 4 fully saturated rings. The van der Waals surface area contributed by atoms with Gasteiger partial charge in [0.05, 0.1) is 24.0 Å². The lowest BCUT2D eigenvalue weighted by atomic mass is 9.77. The first-order chi connectivity index (χ1) is 19.8. The highest BCUT2D eigenvalue weighted by Gasteiger charge is 2.58. The molecule has 13 nitrogen and oxygen atoms in total. The van der Waals surface area contributed by atoms with Gasteiger partial charge in [0, 0.05) is 50.0 Å². The van der Waals surface area contributed by atoms with Crippen LogP contribution in [0.5, 0.6) is 0 Å². The Balaban J connectivity index is 1.08. The number of benzene rings is 1. The molecule has 0 radical (unpaired) electrons. The Labute approximate surface area is 235 Å². The van der Waals surface area contributed by atoms with E-state index in [-0.39, 0.29) is 30.9 Å². The van der Waals surface area contributed by atoms with Crippen LogP contribution in [-0.4, -0.2) is 121 Å². The first-order valence-corrected chi connectivity index (χ1v) is 13.8. The van der Waals surface area contributed by atoms with Crippen LogP contribution in [0.25, 0.3) is 11.0 Å². The fourth-order valence-corrected chi connectivity index (χ4v) is 6.84. The van der Waals surface area contributed by atoms with E-state index in [9.17, 15) is 24.3 Å². The van der Waals surface area contributed by atoms with Crippen molar-refractivity contribution in [1.82, 2.24) is 34.8 Å². The molecule has 1 aromatic carbocycles. The highest BCUT2D eigenvalue weighted by molar-refractivity contribution is 5.99. The Bertz CT molecular complexity index is 1540. The maximum Gasteiger partial charge on any atom is 0.407 e. The number of anilines is 1. The lowest BCUT2D eigenvalue weighted by Crippen LogP contribution is -2.78. The van der Waals surface area contributed by atoms with Gasteiger partial charge in [-0.25, -0.2) is 9.78 Å². The van der Waals surface area contributed by atoms with Crippen molar-refractivity contribution in [2.45, 2.75) is 30.3 Å². The van der Waals surface area contributed by atoms with E-state index in [2.05, 4.69) is 20.1 Å². The molecule has 4 amide bonds. The number of likely N-dealkylation sites (tertiary alicyclic amines) is 3. The molecule has 41 heavy (non-hydrogen) atoms. The van der Waals surface area contributed by atoms with E-state index in [1.54, 1.807) is 27.0 Å². The third kappa shape index (κ3) is 3.90. The summed E-state index contributed by atoms with van der Waals surface area (Å²) in [4.78, 5) is 64.9. The first kappa shape index (κ1) is 25.3. The maximum atomic E-state index is 14.1. The molecule has 7 rings (SSSR count). The number of H-pyrrole nitrogens is 1. The highest BCUT2D eigenvalue weighted by atomic mass is 16.4. The first-order valence-electron chi connectivity index (χ1n) is 13.8. The molecule has 2 spiro atoms. The number of carboxylic acid groups (broad SMARTS) is 1. The molecule has 0 saturated carbocycles. The molecule has 0 bridgehead atoms. The number of hydrogen-bond acceptors (Lipinski definition) is 7. The summed E-state index contributed by atoms with van der Waals surface area (Å²) in [5.74, 6) is -0.411. The van der Waals surface area contributed by atoms with E-state index in [0.717, 1.165) is 17.5 Å². The van der Waals surface area contributed by atoms with Gasteiger partial charge in [-0.05, 0) is 37.5 Å². The van der Waals surface area contributed by atoms with E-state index < -0.39 is 17.2 Å². The van der Waals surface area contributed by atoms with E-state index in [0.29, 0.717) is 56.8 Å². The predicted molar refractivity (Wildman–Crippen MR) is 146 cm³/mol. The van der Waals surface area contributed by atoms with Gasteiger partial charge in [0.15, 0.2) is 5.65 Å². The zero-order valence-electron chi connectivity index (χ0n) is 22.4. The number of aromatic nitrogens is 3. The summed E-state index contributed by atoms with van der Waals surface area (Å²) in [5.41, 5.74) is 0.676. The van der Waals surface area contributed by atoms with Crippen LogP contribution in [0, 0.1) is 0 Å². The van der Waals surface area contributed by atoms with Crippen molar-refractivity contribution in [3.8, 4) is 0 Å². The van der Waals surface area contributed by atoms with Crippen LogP contribution in [-0.2, 0) is 9.59 Å². The second-order valence-corrected chi connectivity index (χ2v) is 11.4. The molecule has 2 aromatic heterocycles. The van der Waals surface area contributed by atoms with Gasteiger partial charge in [-0.3, -0.25) is 19.5 Å². The molecular formula is C28H30N8O5. The molecular weight excluding hydrogens is 528 g/mol. The van der Waals surface area contributed by atoms with Crippen molar-refractivity contribution in [3.63, 3.8) is 0 Å². The molecule has 4 saturated heterocycles. The van der Waals surface area contributed by atoms with Gasteiger partial charge in [-0.1, -0.05) is 18.2 Å². The van der Waals surface area contributed by atoms with Crippen molar-refractivity contribution in [2.24, 2.45) is 0 Å². The van der Waals surface area contributed by atoms with Gasteiger partial charge < -0.3 is 29.6 Å². The van der Waals surface area contributed by atoms with Gasteiger partial charge in [0.25, 0.3) is 11.8 Å². The summed E-state index contributed by atoms with van der Waals surface area (Å²) < 4.78 is 0. The number of pyridine rings is 1. The number of nitrogens with one attached hydrogen (secondary N) is 1. The lowest BCUT2D eigenvalue weighted by Gasteiger charge is -2.61. The summed E-state index contributed by atoms with van der Waals surface area (Å²) >= 11 is 0. The van der Waals surface area contributed by atoms with Gasteiger partial charge >= 0.3 is 6.09 Å². The minimum Gasteiger partial charge on any atom is -0.465 e. The number of para-hydroxylation sites is 1. The second-order valence-electron chi connectivity index (χ2n) is 11.4. The van der Waals surface area contributed by atoms with Gasteiger partial charge in [-0.15, -0.1) is 0 Å². The van der Waals surface area contributed by atoms with Crippen molar-refractivity contribution in [2.75, 3.05) is 50.8 Å². The number of nitrogens with zero attached hydrogens (tertiary/aromatic N) is 7. The Morgan fingerprint density at radius 1 is 0.976 bits per heavy atom. The maximum absolute atomic E-state index is 14.1. The van der Waals surface area contributed by atoms with E-state index >= 15 is 0 Å². The molecule has 0 aliphatic carbocycles. The fraction of sp³-hybridized carbons (Fsp3) is 0.429. The van der Waals surface area contributed by atoms with Crippen LogP contribution in [0.2, 0.25) is 0 Å². The van der Waals surface area contributed by atoms with E-state index in [1.807, 2.05) is 30.3 Å². The monoisotopic (exact) mass is 558 g/mol. The van der Waals surface area contributed by atoms with Crippen molar-refractivity contribution < 1.29 is 24.3 Å². The number of piperidine rings is 1. The lowest BCUT2D eigenvalue weighted by molar-refractivity contribution is -0.165. The zero-order valence-corrected chi connectivity index (χ0v) is 22.4. The van der Waals surface area contributed by atoms with Gasteiger partial charge in [-0.2, -0.15) is 5.10 Å². The van der Waals surface area contributed by atoms with Crippen LogP contribution in [0.15, 0.2) is 48.8 Å². The molecule has 4 aliphatic rings. The van der Waals surface area contributed by atoms with Gasteiger partial charge in [0.2, 0.25) is 5.91 Å². The third-order valence-electron chi connectivity index (χ3n) is 9.24. The Hall–Kier alpha value is -4.68. The van der Waals surface area contributed by atoms with Gasteiger partial charge in [0.1, 0.15) is 12.1 Å². The van der Waals surface area contributed by atoms with Crippen molar-refractivity contribution in [1.29, 1.82) is 0 Å². The molecule has 4 aliphatic heterocycles. The second kappa shape index (κ2) is 9.18. The van der Waals surface area contributed by atoms with Crippen molar-refractivity contribution >= 4 is 40.5 Å². The van der Waals surface area contributed by atoms with Crippen LogP contribution >= 0.6 is 0 Å². The standard InChI is InChI=1S/C28H30N8O5/c37-22(35-11-6-27(35)16-34(17-27)26(40)41)15-33-18-36(21-4-2-1-3-5-21)28(25(33)39)7-9-32(10-8-28)24(38)20-12-19-14-30-31-23(19)29-13-20/h1-5,12-14H,6-11,15-18H2,(H,40,41)(H,29,30,31). The smallest absolute Gasteiger partial charge is 0.407 e. The number of rotatable bonds is 4. The van der Waals surface area contributed by atoms with Crippen molar-refractivity contribution in [3.05, 3.63) is 54.4 Å². The zero-order chi connectivity index (χ0) is 28.4. The summed E-state index contributed by atoms with van der Waals surface area (Å²) in [6.07, 6.45) is 3.82. The predicted octanol–water partition coefficient (Wildman–Crippen LogP) is 1.20. The number of fused-ring (bicyclic) bond motifs is 1. The molecule has 13 heteroatoms. The molecule has 2 N–H and O–H groups in total. The average molecular weight is 559 g/mol.